The highest BCUT2D eigenvalue weighted by molar-refractivity contribution is 7.90. The normalized spacial score (nSPS) is 13.3. The van der Waals surface area contributed by atoms with Crippen molar-refractivity contribution in [2.24, 2.45) is 4.99 Å². The van der Waals surface area contributed by atoms with E-state index in [4.69, 9.17) is 4.74 Å². The molecule has 0 saturated carbocycles. The summed E-state index contributed by atoms with van der Waals surface area (Å²) in [6.45, 7) is 4.55. The van der Waals surface area contributed by atoms with Gasteiger partial charge in [-0.15, -0.1) is 0 Å². The molecule has 9 heteroatoms. The van der Waals surface area contributed by atoms with Crippen LogP contribution in [0.25, 0.3) is 11.0 Å². The molecule has 140 valence electrons. The number of sulfone groups is 1. The minimum absolute atomic E-state index is 0.000403. The number of aliphatic imine (C=N–C) groups is 1. The molecule has 0 radical (unpaired) electrons. The van der Waals surface area contributed by atoms with Crippen molar-refractivity contribution in [2.45, 2.75) is 31.5 Å². The van der Waals surface area contributed by atoms with Gasteiger partial charge in [-0.2, -0.15) is 0 Å². The minimum atomic E-state index is -3.38. The average Bonchev–Trinajstić information content (AvgIpc) is 3.20. The van der Waals surface area contributed by atoms with Crippen molar-refractivity contribution >= 4 is 38.6 Å². The van der Waals surface area contributed by atoms with Crippen molar-refractivity contribution in [3.63, 3.8) is 0 Å². The van der Waals surface area contributed by atoms with Gasteiger partial charge in [0.15, 0.2) is 9.84 Å². The second-order valence-electron chi connectivity index (χ2n) is 6.70. The summed E-state index contributed by atoms with van der Waals surface area (Å²) in [5, 5.41) is 3.95. The predicted molar refractivity (Wildman–Crippen MR) is 104 cm³/mol. The first kappa shape index (κ1) is 17.5. The van der Waals surface area contributed by atoms with Crippen LogP contribution in [0.5, 0.6) is 5.75 Å². The lowest BCUT2D eigenvalue weighted by molar-refractivity contribution is 0.243. The number of rotatable bonds is 5. The minimum Gasteiger partial charge on any atom is -0.489 e. The Labute approximate surface area is 156 Å². The number of anilines is 2. The molecule has 2 N–H and O–H groups in total. The highest BCUT2D eigenvalue weighted by Gasteiger charge is 2.18. The Morgan fingerprint density at radius 2 is 2.04 bits per heavy atom. The van der Waals surface area contributed by atoms with Crippen LogP contribution in [0.2, 0.25) is 0 Å². The summed E-state index contributed by atoms with van der Waals surface area (Å²) in [7, 11) is -3.38. The van der Waals surface area contributed by atoms with Gasteiger partial charge < -0.3 is 15.0 Å². The Balaban J connectivity index is 1.80. The van der Waals surface area contributed by atoms with E-state index in [1.54, 1.807) is 0 Å². The van der Waals surface area contributed by atoms with Gasteiger partial charge in [-0.05, 0) is 43.2 Å². The molecule has 0 fully saturated rings. The van der Waals surface area contributed by atoms with E-state index < -0.39 is 9.84 Å². The van der Waals surface area contributed by atoms with E-state index in [9.17, 15) is 8.42 Å². The summed E-state index contributed by atoms with van der Waals surface area (Å²) in [6, 6.07) is 5.47. The number of ether oxygens (including phenoxy) is 1. The van der Waals surface area contributed by atoms with E-state index in [0.29, 0.717) is 29.1 Å². The van der Waals surface area contributed by atoms with E-state index >= 15 is 0 Å². The molecule has 0 atom stereocenters. The zero-order valence-electron chi connectivity index (χ0n) is 15.1. The molecule has 2 aromatic heterocycles. The summed E-state index contributed by atoms with van der Waals surface area (Å²) in [6.07, 6.45) is 4.35. The third-order valence-corrected chi connectivity index (χ3v) is 5.17. The van der Waals surface area contributed by atoms with Crippen LogP contribution in [-0.4, -0.2) is 41.9 Å². The summed E-state index contributed by atoms with van der Waals surface area (Å²) >= 11 is 0. The number of aromatic amines is 1. The molecule has 0 saturated heterocycles. The second-order valence-corrected chi connectivity index (χ2v) is 8.68. The van der Waals surface area contributed by atoms with Crippen LogP contribution in [0.4, 0.5) is 11.5 Å². The maximum absolute atomic E-state index is 11.8. The van der Waals surface area contributed by atoms with E-state index in [-0.39, 0.29) is 11.1 Å². The molecule has 3 heterocycles. The smallest absolute Gasteiger partial charge is 0.190 e. The third kappa shape index (κ3) is 3.37. The van der Waals surface area contributed by atoms with Crippen LogP contribution in [0.3, 0.4) is 0 Å². The number of aromatic nitrogens is 3. The number of benzene rings is 1. The zero-order valence-corrected chi connectivity index (χ0v) is 16.0. The van der Waals surface area contributed by atoms with Crippen molar-refractivity contribution in [2.75, 3.05) is 11.6 Å². The molecule has 0 bridgehead atoms. The maximum Gasteiger partial charge on any atom is 0.190 e. The van der Waals surface area contributed by atoms with Crippen molar-refractivity contribution < 1.29 is 13.2 Å². The van der Waals surface area contributed by atoms with Crippen LogP contribution in [0.15, 0.2) is 34.5 Å². The van der Waals surface area contributed by atoms with Crippen molar-refractivity contribution in [3.8, 4) is 5.75 Å². The quantitative estimate of drug-likeness (QED) is 0.699. The van der Waals surface area contributed by atoms with E-state index in [1.807, 2.05) is 32.2 Å². The topological polar surface area (TPSA) is 109 Å². The lowest BCUT2D eigenvalue weighted by Gasteiger charge is -2.17. The van der Waals surface area contributed by atoms with Crippen LogP contribution in [0, 0.1) is 0 Å². The van der Waals surface area contributed by atoms with Crippen molar-refractivity contribution in [3.05, 3.63) is 35.7 Å². The van der Waals surface area contributed by atoms with Gasteiger partial charge in [-0.3, -0.25) is 4.99 Å². The van der Waals surface area contributed by atoms with Gasteiger partial charge in [0.2, 0.25) is 0 Å². The largest absolute Gasteiger partial charge is 0.489 e. The Kier molecular flexibility index (Phi) is 4.11. The number of H-pyrrole nitrogens is 1. The zero-order chi connectivity index (χ0) is 19.2. The highest BCUT2D eigenvalue weighted by atomic mass is 32.2. The molecule has 4 rings (SSSR count). The Morgan fingerprint density at radius 1 is 1.22 bits per heavy atom. The van der Waals surface area contributed by atoms with Gasteiger partial charge in [0, 0.05) is 12.5 Å². The molecule has 0 aliphatic carbocycles. The Hall–Kier alpha value is -2.94. The summed E-state index contributed by atoms with van der Waals surface area (Å²) < 4.78 is 29.6. The third-order valence-electron chi connectivity index (χ3n) is 4.15. The first-order chi connectivity index (χ1) is 12.8. The van der Waals surface area contributed by atoms with Gasteiger partial charge >= 0.3 is 0 Å². The Bertz CT molecular complexity index is 1170. The molecule has 27 heavy (non-hydrogen) atoms. The monoisotopic (exact) mass is 385 g/mol. The second kappa shape index (κ2) is 6.34. The molecule has 3 aromatic rings. The van der Waals surface area contributed by atoms with Crippen LogP contribution in [-0.2, 0) is 16.4 Å². The molecule has 0 unspecified atom stereocenters. The number of hydrogen-bond donors (Lipinski definition) is 2. The molecular weight excluding hydrogens is 366 g/mol. The molecule has 0 amide bonds. The van der Waals surface area contributed by atoms with Crippen LogP contribution >= 0.6 is 0 Å². The fourth-order valence-corrected chi connectivity index (χ4v) is 3.54. The number of nitrogens with one attached hydrogen (secondary N) is 2. The molecule has 8 nitrogen and oxygen atoms in total. The molecule has 1 aromatic carbocycles. The fourth-order valence-electron chi connectivity index (χ4n) is 2.93. The summed E-state index contributed by atoms with van der Waals surface area (Å²) in [5.74, 6) is 1.19. The average molecular weight is 385 g/mol. The summed E-state index contributed by atoms with van der Waals surface area (Å²) in [4.78, 5) is 15.5. The van der Waals surface area contributed by atoms with Crippen molar-refractivity contribution in [1.82, 2.24) is 15.0 Å². The maximum atomic E-state index is 11.8. The predicted octanol–water partition coefficient (Wildman–Crippen LogP) is 2.82. The van der Waals surface area contributed by atoms with Crippen LogP contribution in [0.1, 0.15) is 25.0 Å². The van der Waals surface area contributed by atoms with E-state index in [0.717, 1.165) is 23.1 Å². The molecule has 1 aliphatic rings. The van der Waals surface area contributed by atoms with Gasteiger partial charge in [0.05, 0.1) is 23.7 Å². The van der Waals surface area contributed by atoms with Crippen LogP contribution < -0.4 is 10.1 Å². The lowest BCUT2D eigenvalue weighted by atomic mass is 10.1. The first-order valence-electron chi connectivity index (χ1n) is 8.45. The van der Waals surface area contributed by atoms with Gasteiger partial charge in [-0.1, -0.05) is 0 Å². The lowest BCUT2D eigenvalue weighted by Crippen LogP contribution is -2.08. The standard InChI is InChI=1S/C18H19N5O3S/c1-10(2)26-15-5-12-8-19-7-11(12)4-14(15)22-17-13-6-16(27(3,24)25)23-18(13)21-9-20-17/h4-7,9-10H,8H2,1-3H3,(H2,20,21,22,23). The highest BCUT2D eigenvalue weighted by Crippen LogP contribution is 2.34. The van der Waals surface area contributed by atoms with Gasteiger partial charge in [0.25, 0.3) is 0 Å². The SMILES string of the molecule is CC(C)Oc1cc2c(cc1Nc1ncnc3[nH]c(S(C)(=O)=O)cc13)C=NC2. The Morgan fingerprint density at radius 3 is 2.78 bits per heavy atom. The van der Waals surface area contributed by atoms with Gasteiger partial charge in [0.1, 0.15) is 28.6 Å². The molecule has 1 aliphatic heterocycles. The van der Waals surface area contributed by atoms with E-state index in [2.05, 4.69) is 25.3 Å². The number of nitrogens with zero attached hydrogens (tertiary/aromatic N) is 3. The number of hydrogen-bond acceptors (Lipinski definition) is 7. The van der Waals surface area contributed by atoms with Crippen molar-refractivity contribution in [1.29, 1.82) is 0 Å². The number of fused-ring (bicyclic) bond motifs is 2. The molecule has 0 spiro atoms. The van der Waals surface area contributed by atoms with E-state index in [1.165, 1.54) is 12.4 Å². The molecular formula is C18H19N5O3S. The fraction of sp³-hybridized carbons (Fsp3) is 0.278. The van der Waals surface area contributed by atoms with Gasteiger partial charge in [-0.25, -0.2) is 18.4 Å². The first-order valence-corrected chi connectivity index (χ1v) is 10.3. The summed E-state index contributed by atoms with van der Waals surface area (Å²) in [5.41, 5.74) is 3.30.